The zero-order valence-electron chi connectivity index (χ0n) is 13.9. The molecule has 0 saturated heterocycles. The van der Waals surface area contributed by atoms with Crippen molar-refractivity contribution in [3.8, 4) is 11.4 Å². The average Bonchev–Trinajstić information content (AvgIpc) is 3.12. The number of carbonyl (C=O) groups is 1. The number of amides is 1. The highest BCUT2D eigenvalue weighted by Crippen LogP contribution is 2.26. The number of aryl methyl sites for hydroxylation is 1. The Kier molecular flexibility index (Phi) is 6.19. The summed E-state index contributed by atoms with van der Waals surface area (Å²) in [7, 11) is 0. The molecule has 5 nitrogen and oxygen atoms in total. The molecule has 0 spiro atoms. The number of thioether (sulfide) groups is 1. The van der Waals surface area contributed by atoms with Crippen LogP contribution in [0.1, 0.15) is 12.5 Å². The number of benzene rings is 2. The van der Waals surface area contributed by atoms with Gasteiger partial charge in [0, 0.05) is 10.6 Å². The lowest BCUT2D eigenvalue weighted by molar-refractivity contribution is -0.113. The molecule has 1 aromatic heterocycles. The number of aromatic nitrogens is 3. The second-order valence-corrected chi connectivity index (χ2v) is 7.26. The molecule has 0 aliphatic rings. The standard InChI is InChI=1S/C18H16Cl2N4OS/c1-2-11-3-5-12(6-4-11)17-22-18(24-23-17)26-10-16(25)21-15-9-13(19)7-8-14(15)20/h3-9H,2,10H2,1H3,(H,21,25)(H,22,23,24). The number of carbonyl (C=O) groups excluding carboxylic acids is 1. The number of halogens is 2. The Bertz CT molecular complexity index is 912. The summed E-state index contributed by atoms with van der Waals surface area (Å²) in [5.41, 5.74) is 2.70. The van der Waals surface area contributed by atoms with E-state index < -0.39 is 0 Å². The van der Waals surface area contributed by atoms with Gasteiger partial charge in [-0.3, -0.25) is 9.89 Å². The lowest BCUT2D eigenvalue weighted by atomic mass is 10.1. The van der Waals surface area contributed by atoms with Crippen LogP contribution in [0.15, 0.2) is 47.6 Å². The second-order valence-electron chi connectivity index (χ2n) is 5.48. The van der Waals surface area contributed by atoms with Crippen molar-refractivity contribution < 1.29 is 4.79 Å². The van der Waals surface area contributed by atoms with E-state index in [1.54, 1.807) is 18.2 Å². The fourth-order valence-corrected chi connectivity index (χ4v) is 3.18. The van der Waals surface area contributed by atoms with Gasteiger partial charge in [0.2, 0.25) is 11.1 Å². The van der Waals surface area contributed by atoms with Crippen molar-refractivity contribution in [1.82, 2.24) is 15.2 Å². The number of rotatable bonds is 6. The Labute approximate surface area is 165 Å². The van der Waals surface area contributed by atoms with Crippen LogP contribution in [0.3, 0.4) is 0 Å². The number of hydrogen-bond acceptors (Lipinski definition) is 4. The topological polar surface area (TPSA) is 70.7 Å². The van der Waals surface area contributed by atoms with Gasteiger partial charge in [-0.25, -0.2) is 4.98 Å². The molecule has 26 heavy (non-hydrogen) atoms. The van der Waals surface area contributed by atoms with Crippen LogP contribution < -0.4 is 5.32 Å². The number of H-pyrrole nitrogens is 1. The van der Waals surface area contributed by atoms with Gasteiger partial charge in [-0.15, -0.1) is 5.10 Å². The third-order valence-electron chi connectivity index (χ3n) is 3.64. The van der Waals surface area contributed by atoms with Gasteiger partial charge in [0.1, 0.15) is 0 Å². The van der Waals surface area contributed by atoms with Gasteiger partial charge >= 0.3 is 0 Å². The summed E-state index contributed by atoms with van der Waals surface area (Å²) >= 11 is 13.2. The van der Waals surface area contributed by atoms with Crippen LogP contribution in [0, 0.1) is 0 Å². The summed E-state index contributed by atoms with van der Waals surface area (Å²) in [6.45, 7) is 2.11. The maximum Gasteiger partial charge on any atom is 0.234 e. The predicted octanol–water partition coefficient (Wildman–Crippen LogP) is 5.07. The van der Waals surface area contributed by atoms with Gasteiger partial charge < -0.3 is 5.32 Å². The molecule has 0 fully saturated rings. The largest absolute Gasteiger partial charge is 0.324 e. The maximum absolute atomic E-state index is 12.1. The first kappa shape index (κ1) is 18.8. The fraction of sp³-hybridized carbons (Fsp3) is 0.167. The predicted molar refractivity (Wildman–Crippen MR) is 107 cm³/mol. The quantitative estimate of drug-likeness (QED) is 0.560. The molecule has 8 heteroatoms. The summed E-state index contributed by atoms with van der Waals surface area (Å²) in [5, 5.41) is 11.2. The van der Waals surface area contributed by atoms with Crippen LogP contribution in [-0.4, -0.2) is 26.8 Å². The summed E-state index contributed by atoms with van der Waals surface area (Å²) in [4.78, 5) is 16.5. The summed E-state index contributed by atoms with van der Waals surface area (Å²) < 4.78 is 0. The molecular formula is C18H16Cl2N4OS. The Morgan fingerprint density at radius 3 is 2.69 bits per heavy atom. The van der Waals surface area contributed by atoms with Gasteiger partial charge in [0.05, 0.1) is 16.5 Å². The minimum atomic E-state index is -0.210. The third-order valence-corrected chi connectivity index (χ3v) is 5.05. The van der Waals surface area contributed by atoms with Crippen molar-refractivity contribution in [2.24, 2.45) is 0 Å². The zero-order chi connectivity index (χ0) is 18.5. The highest BCUT2D eigenvalue weighted by molar-refractivity contribution is 7.99. The van der Waals surface area contributed by atoms with E-state index in [-0.39, 0.29) is 11.7 Å². The maximum atomic E-state index is 12.1. The number of aromatic amines is 1. The summed E-state index contributed by atoms with van der Waals surface area (Å²) in [5.74, 6) is 0.626. The molecule has 1 amide bonds. The average molecular weight is 407 g/mol. The Hall–Kier alpha value is -2.02. The van der Waals surface area contributed by atoms with Crippen molar-refractivity contribution in [1.29, 1.82) is 0 Å². The number of hydrogen-bond donors (Lipinski definition) is 2. The molecule has 0 atom stereocenters. The van der Waals surface area contributed by atoms with E-state index in [0.29, 0.717) is 26.7 Å². The number of nitrogens with zero attached hydrogens (tertiary/aromatic N) is 2. The van der Waals surface area contributed by atoms with Gasteiger partial charge in [-0.1, -0.05) is 66.2 Å². The molecule has 0 aliphatic heterocycles. The molecule has 3 aromatic rings. The van der Waals surface area contributed by atoms with Crippen molar-refractivity contribution in [2.75, 3.05) is 11.1 Å². The Morgan fingerprint density at radius 2 is 1.96 bits per heavy atom. The molecule has 134 valence electrons. The lowest BCUT2D eigenvalue weighted by Gasteiger charge is -2.06. The molecule has 0 radical (unpaired) electrons. The molecule has 0 aliphatic carbocycles. The van der Waals surface area contributed by atoms with Crippen molar-refractivity contribution in [2.45, 2.75) is 18.5 Å². The summed E-state index contributed by atoms with van der Waals surface area (Å²) in [6, 6.07) is 13.0. The second kappa shape index (κ2) is 8.58. The molecule has 2 aromatic carbocycles. The van der Waals surface area contributed by atoms with Crippen LogP contribution in [0.2, 0.25) is 10.0 Å². The first-order valence-corrected chi connectivity index (χ1v) is 9.68. The highest BCUT2D eigenvalue weighted by Gasteiger charge is 2.11. The number of nitrogens with one attached hydrogen (secondary N) is 2. The summed E-state index contributed by atoms with van der Waals surface area (Å²) in [6.07, 6.45) is 0.990. The van der Waals surface area contributed by atoms with E-state index in [9.17, 15) is 4.79 Å². The molecule has 3 rings (SSSR count). The molecule has 0 unspecified atom stereocenters. The molecule has 2 N–H and O–H groups in total. The van der Waals surface area contributed by atoms with Crippen molar-refractivity contribution >= 4 is 46.6 Å². The van der Waals surface area contributed by atoms with Crippen LogP contribution in [-0.2, 0) is 11.2 Å². The van der Waals surface area contributed by atoms with E-state index in [4.69, 9.17) is 23.2 Å². The van der Waals surface area contributed by atoms with E-state index in [1.807, 2.05) is 12.1 Å². The lowest BCUT2D eigenvalue weighted by Crippen LogP contribution is -2.14. The fourth-order valence-electron chi connectivity index (χ4n) is 2.25. The number of anilines is 1. The Balaban J connectivity index is 1.58. The van der Waals surface area contributed by atoms with Crippen LogP contribution in [0.4, 0.5) is 5.69 Å². The van der Waals surface area contributed by atoms with Gasteiger partial charge in [-0.2, -0.15) is 0 Å². The molecular weight excluding hydrogens is 391 g/mol. The molecule has 0 saturated carbocycles. The van der Waals surface area contributed by atoms with Gasteiger partial charge in [0.15, 0.2) is 5.82 Å². The van der Waals surface area contributed by atoms with E-state index in [1.165, 1.54) is 17.3 Å². The molecule has 0 bridgehead atoms. The minimum Gasteiger partial charge on any atom is -0.324 e. The normalized spacial score (nSPS) is 10.7. The minimum absolute atomic E-state index is 0.162. The zero-order valence-corrected chi connectivity index (χ0v) is 16.3. The van der Waals surface area contributed by atoms with E-state index >= 15 is 0 Å². The molecule has 1 heterocycles. The van der Waals surface area contributed by atoms with E-state index in [2.05, 4.69) is 39.6 Å². The van der Waals surface area contributed by atoms with Crippen molar-refractivity contribution in [3.63, 3.8) is 0 Å². The van der Waals surface area contributed by atoms with Gasteiger partial charge in [-0.05, 0) is 30.2 Å². The Morgan fingerprint density at radius 1 is 1.19 bits per heavy atom. The monoisotopic (exact) mass is 406 g/mol. The first-order valence-electron chi connectivity index (χ1n) is 7.94. The van der Waals surface area contributed by atoms with Crippen LogP contribution >= 0.6 is 35.0 Å². The third kappa shape index (κ3) is 4.78. The smallest absolute Gasteiger partial charge is 0.234 e. The first-order chi connectivity index (χ1) is 12.5. The van der Waals surface area contributed by atoms with Gasteiger partial charge in [0.25, 0.3) is 0 Å². The van der Waals surface area contributed by atoms with Crippen LogP contribution in [0.5, 0.6) is 0 Å². The van der Waals surface area contributed by atoms with Crippen LogP contribution in [0.25, 0.3) is 11.4 Å². The van der Waals surface area contributed by atoms with E-state index in [0.717, 1.165) is 12.0 Å². The highest BCUT2D eigenvalue weighted by atomic mass is 35.5. The van der Waals surface area contributed by atoms with Crippen molar-refractivity contribution in [3.05, 3.63) is 58.1 Å². The SMILES string of the molecule is CCc1ccc(-c2nc(SCC(=O)Nc3cc(Cl)ccc3Cl)n[nH]2)cc1.